The van der Waals surface area contributed by atoms with Crippen molar-refractivity contribution in [1.29, 1.82) is 0 Å². The molecule has 5 nitrogen and oxygen atoms in total. The maximum atomic E-state index is 14.9. The van der Waals surface area contributed by atoms with E-state index in [9.17, 15) is 14.4 Å². The van der Waals surface area contributed by atoms with E-state index in [1.54, 1.807) is 0 Å². The first kappa shape index (κ1) is 28.1. The highest BCUT2D eigenvalue weighted by atomic mass is 16.2. The van der Waals surface area contributed by atoms with E-state index in [0.29, 0.717) is 11.3 Å². The molecule has 1 N–H and O–H groups in total. The standard InChI is InChI=1S/C37H40N2O3/c1-6-7-8-11-24-15-17-25(18-16-24)33(40)31-32(34(41)36(3,4)5)39-29-20-14-23(2)22-26(29)19-21-30(39)37(31)27-12-9-10-13-28(27)38-35(37)42/h9-10,12-22,30-32H,6-8,11H2,1-5H3,(H,38,42)/t30-,31+,32+,37+/m1/s1. The summed E-state index contributed by atoms with van der Waals surface area (Å²) in [5.41, 5.74) is 4.20. The molecule has 1 spiro atoms. The van der Waals surface area contributed by atoms with Crippen LogP contribution >= 0.6 is 0 Å². The molecule has 0 aliphatic carbocycles. The Morgan fingerprint density at radius 3 is 2.43 bits per heavy atom. The number of ketones is 2. The predicted octanol–water partition coefficient (Wildman–Crippen LogP) is 7.32. The Morgan fingerprint density at radius 2 is 1.71 bits per heavy atom. The maximum Gasteiger partial charge on any atom is 0.238 e. The number of aryl methyl sites for hydroxylation is 2. The largest absolute Gasteiger partial charge is 0.352 e. The Labute approximate surface area is 249 Å². The first-order valence-electron chi connectivity index (χ1n) is 15.2. The Bertz CT molecular complexity index is 1600. The summed E-state index contributed by atoms with van der Waals surface area (Å²) in [5, 5.41) is 3.11. The number of nitrogens with zero attached hydrogens (tertiary/aromatic N) is 1. The molecule has 3 aromatic rings. The van der Waals surface area contributed by atoms with E-state index in [1.165, 1.54) is 12.0 Å². The fraction of sp³-hybridized carbons (Fsp3) is 0.378. The van der Waals surface area contributed by atoms with Gasteiger partial charge in [-0.15, -0.1) is 0 Å². The molecule has 3 aromatic carbocycles. The van der Waals surface area contributed by atoms with E-state index in [0.717, 1.165) is 41.6 Å². The number of unbranched alkanes of at least 4 members (excludes halogenated alkanes) is 2. The van der Waals surface area contributed by atoms with Crippen molar-refractivity contribution in [3.63, 3.8) is 0 Å². The fourth-order valence-corrected chi connectivity index (χ4v) is 7.34. The summed E-state index contributed by atoms with van der Waals surface area (Å²) in [5.74, 6) is -1.35. The predicted molar refractivity (Wildman–Crippen MR) is 169 cm³/mol. The highest BCUT2D eigenvalue weighted by Gasteiger charge is 2.70. The number of carbonyl (C=O) groups excluding carboxylic acids is 3. The summed E-state index contributed by atoms with van der Waals surface area (Å²) in [6.07, 6.45) is 8.49. The van der Waals surface area contributed by atoms with Gasteiger partial charge in [-0.2, -0.15) is 0 Å². The van der Waals surface area contributed by atoms with Gasteiger partial charge in [-0.1, -0.05) is 107 Å². The summed E-state index contributed by atoms with van der Waals surface area (Å²) in [6.45, 7) is 9.94. The van der Waals surface area contributed by atoms with Gasteiger partial charge in [0.2, 0.25) is 5.91 Å². The second-order valence-electron chi connectivity index (χ2n) is 13.2. The number of hydrogen-bond acceptors (Lipinski definition) is 4. The minimum atomic E-state index is -1.27. The molecule has 216 valence electrons. The molecule has 3 aliphatic heterocycles. The summed E-state index contributed by atoms with van der Waals surface area (Å²) in [7, 11) is 0. The van der Waals surface area contributed by atoms with Gasteiger partial charge in [0.05, 0.1) is 12.0 Å². The third-order valence-corrected chi connectivity index (χ3v) is 9.39. The van der Waals surface area contributed by atoms with E-state index in [4.69, 9.17) is 0 Å². The van der Waals surface area contributed by atoms with Gasteiger partial charge in [-0.05, 0) is 54.7 Å². The summed E-state index contributed by atoms with van der Waals surface area (Å²) >= 11 is 0. The quantitative estimate of drug-likeness (QED) is 0.243. The Balaban J connectivity index is 1.57. The fourth-order valence-electron chi connectivity index (χ4n) is 7.34. The molecule has 6 rings (SSSR count). The lowest BCUT2D eigenvalue weighted by atomic mass is 9.63. The van der Waals surface area contributed by atoms with Gasteiger partial charge in [0.15, 0.2) is 11.6 Å². The van der Waals surface area contributed by atoms with Crippen LogP contribution in [0.4, 0.5) is 11.4 Å². The topological polar surface area (TPSA) is 66.5 Å². The van der Waals surface area contributed by atoms with Crippen LogP contribution in [0.1, 0.15) is 79.6 Å². The van der Waals surface area contributed by atoms with Crippen LogP contribution in [-0.2, 0) is 21.4 Å². The van der Waals surface area contributed by atoms with Crippen LogP contribution in [0.5, 0.6) is 0 Å². The maximum absolute atomic E-state index is 14.9. The number of carbonyl (C=O) groups is 3. The average molecular weight is 561 g/mol. The van der Waals surface area contributed by atoms with Crippen molar-refractivity contribution in [2.75, 3.05) is 10.2 Å². The van der Waals surface area contributed by atoms with Crippen molar-refractivity contribution in [2.24, 2.45) is 11.3 Å². The van der Waals surface area contributed by atoms with Crippen molar-refractivity contribution in [3.8, 4) is 0 Å². The molecule has 1 amide bonds. The van der Waals surface area contributed by atoms with Crippen LogP contribution < -0.4 is 10.2 Å². The second-order valence-corrected chi connectivity index (χ2v) is 13.2. The van der Waals surface area contributed by atoms with Crippen molar-refractivity contribution >= 4 is 34.9 Å². The Hall–Kier alpha value is -3.99. The number of amides is 1. The van der Waals surface area contributed by atoms with Gasteiger partial charge in [-0.25, -0.2) is 0 Å². The third kappa shape index (κ3) is 4.24. The molecule has 0 aromatic heterocycles. The normalized spacial score (nSPS) is 23.9. The molecule has 0 saturated carbocycles. The van der Waals surface area contributed by atoms with E-state index < -0.39 is 28.8 Å². The van der Waals surface area contributed by atoms with Crippen molar-refractivity contribution in [1.82, 2.24) is 0 Å². The number of anilines is 2. The van der Waals surface area contributed by atoms with Gasteiger partial charge in [0.25, 0.3) is 0 Å². The van der Waals surface area contributed by atoms with E-state index in [-0.39, 0.29) is 17.5 Å². The van der Waals surface area contributed by atoms with E-state index in [1.807, 2.05) is 94.4 Å². The Kier molecular flexibility index (Phi) is 6.95. The zero-order chi connectivity index (χ0) is 29.8. The molecular formula is C37H40N2O3. The van der Waals surface area contributed by atoms with Crippen LogP contribution in [0, 0.1) is 18.3 Å². The molecule has 0 bridgehead atoms. The van der Waals surface area contributed by atoms with Crippen LogP contribution in [0.25, 0.3) is 6.08 Å². The first-order valence-corrected chi connectivity index (χ1v) is 15.2. The van der Waals surface area contributed by atoms with E-state index in [2.05, 4.69) is 29.3 Å². The van der Waals surface area contributed by atoms with Crippen molar-refractivity contribution < 1.29 is 14.4 Å². The summed E-state index contributed by atoms with van der Waals surface area (Å²) in [6, 6.07) is 20.3. The Morgan fingerprint density at radius 1 is 0.976 bits per heavy atom. The van der Waals surface area contributed by atoms with Gasteiger partial charge in [0, 0.05) is 22.4 Å². The van der Waals surface area contributed by atoms with Gasteiger partial charge in [-0.3, -0.25) is 14.4 Å². The van der Waals surface area contributed by atoms with Gasteiger partial charge >= 0.3 is 0 Å². The van der Waals surface area contributed by atoms with Crippen LogP contribution in [0.2, 0.25) is 0 Å². The molecule has 1 fully saturated rings. The minimum absolute atomic E-state index is 0.0436. The van der Waals surface area contributed by atoms with Crippen molar-refractivity contribution in [3.05, 3.63) is 101 Å². The first-order chi connectivity index (χ1) is 20.1. The monoisotopic (exact) mass is 560 g/mol. The molecule has 42 heavy (non-hydrogen) atoms. The number of hydrogen-bond donors (Lipinski definition) is 1. The minimum Gasteiger partial charge on any atom is -0.352 e. The zero-order valence-corrected chi connectivity index (χ0v) is 25.2. The lowest BCUT2D eigenvalue weighted by Gasteiger charge is -2.38. The molecule has 0 unspecified atom stereocenters. The van der Waals surface area contributed by atoms with Crippen LogP contribution in [0.15, 0.2) is 72.8 Å². The second kappa shape index (κ2) is 10.4. The summed E-state index contributed by atoms with van der Waals surface area (Å²) in [4.78, 5) is 46.0. The lowest BCUT2D eigenvalue weighted by Crippen LogP contribution is -2.51. The number of benzene rings is 3. The highest BCUT2D eigenvalue weighted by molar-refractivity contribution is 6.17. The lowest BCUT2D eigenvalue weighted by molar-refractivity contribution is -0.128. The van der Waals surface area contributed by atoms with Crippen LogP contribution in [-0.4, -0.2) is 29.6 Å². The highest BCUT2D eigenvalue weighted by Crippen LogP contribution is 2.58. The molecule has 0 radical (unpaired) electrons. The number of Topliss-reactive ketones (excluding diaryl/α,β-unsaturated/α-hetero) is 2. The number of nitrogens with one attached hydrogen (secondary N) is 1. The molecule has 4 atom stereocenters. The zero-order valence-electron chi connectivity index (χ0n) is 25.2. The average Bonchev–Trinajstić information content (AvgIpc) is 3.44. The molecule has 1 saturated heterocycles. The molecule has 5 heteroatoms. The van der Waals surface area contributed by atoms with E-state index >= 15 is 0 Å². The van der Waals surface area contributed by atoms with Crippen molar-refractivity contribution in [2.45, 2.75) is 77.8 Å². The smallest absolute Gasteiger partial charge is 0.238 e. The SMILES string of the molecule is CCCCCc1ccc(C(=O)[C@@H]2[C@@H](C(=O)C(C)(C)C)N3c4ccc(C)cc4C=C[C@@H]3[C@]23C(=O)Nc2ccccc23)cc1. The van der Waals surface area contributed by atoms with Crippen LogP contribution in [0.3, 0.4) is 0 Å². The third-order valence-electron chi connectivity index (χ3n) is 9.39. The van der Waals surface area contributed by atoms with Gasteiger partial charge < -0.3 is 10.2 Å². The molecule has 3 aliphatic rings. The summed E-state index contributed by atoms with van der Waals surface area (Å²) < 4.78 is 0. The van der Waals surface area contributed by atoms with Gasteiger partial charge in [0.1, 0.15) is 11.5 Å². The number of fused-ring (bicyclic) bond motifs is 6. The number of rotatable bonds is 7. The molecule has 3 heterocycles. The number of para-hydroxylation sites is 1. The molecular weight excluding hydrogens is 520 g/mol.